The maximum Gasteiger partial charge on any atom is 0.131 e. The van der Waals surface area contributed by atoms with Crippen molar-refractivity contribution in [1.29, 1.82) is 0 Å². The highest BCUT2D eigenvalue weighted by Gasteiger charge is 2.09. The van der Waals surface area contributed by atoms with E-state index in [1.54, 1.807) is 0 Å². The van der Waals surface area contributed by atoms with Crippen molar-refractivity contribution in [2.45, 2.75) is 40.5 Å². The Morgan fingerprint density at radius 2 is 1.63 bits per heavy atom. The van der Waals surface area contributed by atoms with E-state index in [1.807, 2.05) is 6.07 Å². The lowest BCUT2D eigenvalue weighted by atomic mass is 9.98. The molecule has 0 bridgehead atoms. The number of hydrogen-bond donors (Lipinski definition) is 1. The van der Waals surface area contributed by atoms with Crippen LogP contribution in [0.25, 0.3) is 11.3 Å². The number of rotatable bonds is 3. The topological polar surface area (TPSA) is 51.8 Å². The molecule has 0 atom stereocenters. The average Bonchev–Trinajstić information content (AvgIpc) is 2.33. The molecule has 0 saturated carbocycles. The number of hydrogen-bond acceptors (Lipinski definition) is 3. The molecule has 0 aliphatic heterocycles. The number of nitrogens with zero attached hydrogens (tertiary/aromatic N) is 2. The summed E-state index contributed by atoms with van der Waals surface area (Å²) in [4.78, 5) is 8.92. The summed E-state index contributed by atoms with van der Waals surface area (Å²) in [6, 6.07) is 6.24. The fourth-order valence-corrected chi connectivity index (χ4v) is 2.23. The van der Waals surface area contributed by atoms with Gasteiger partial charge in [-0.2, -0.15) is 0 Å². The van der Waals surface area contributed by atoms with Crippen LogP contribution in [0.2, 0.25) is 0 Å². The Kier molecular flexibility index (Phi) is 3.84. The fourth-order valence-electron chi connectivity index (χ4n) is 2.23. The highest BCUT2D eigenvalue weighted by molar-refractivity contribution is 5.67. The van der Waals surface area contributed by atoms with Crippen molar-refractivity contribution < 1.29 is 0 Å². The second-order valence-corrected chi connectivity index (χ2v) is 5.10. The van der Waals surface area contributed by atoms with Gasteiger partial charge < -0.3 is 5.73 Å². The van der Waals surface area contributed by atoms with Gasteiger partial charge in [0.25, 0.3) is 0 Å². The van der Waals surface area contributed by atoms with E-state index in [9.17, 15) is 0 Å². The summed E-state index contributed by atoms with van der Waals surface area (Å²) in [5, 5.41) is 0. The summed E-state index contributed by atoms with van der Waals surface area (Å²) in [7, 11) is 0. The zero-order valence-electron chi connectivity index (χ0n) is 12.1. The van der Waals surface area contributed by atoms with Crippen LogP contribution in [0.5, 0.6) is 0 Å². The average molecular weight is 255 g/mol. The van der Waals surface area contributed by atoms with E-state index in [2.05, 4.69) is 49.8 Å². The van der Waals surface area contributed by atoms with E-state index in [-0.39, 0.29) is 0 Å². The minimum Gasteiger partial charge on any atom is -0.384 e. The van der Waals surface area contributed by atoms with Gasteiger partial charge in [-0.05, 0) is 49.9 Å². The smallest absolute Gasteiger partial charge is 0.131 e. The molecule has 3 nitrogen and oxygen atoms in total. The van der Waals surface area contributed by atoms with Crippen LogP contribution < -0.4 is 5.73 Å². The zero-order valence-corrected chi connectivity index (χ0v) is 12.1. The van der Waals surface area contributed by atoms with Crippen molar-refractivity contribution in [3.63, 3.8) is 0 Å². The minimum absolute atomic E-state index is 0.547. The predicted molar refractivity (Wildman–Crippen MR) is 80.1 cm³/mol. The molecular formula is C16H21N3. The Morgan fingerprint density at radius 3 is 2.32 bits per heavy atom. The summed E-state index contributed by atoms with van der Waals surface area (Å²) < 4.78 is 0. The highest BCUT2D eigenvalue weighted by atomic mass is 14.9. The molecule has 2 N–H and O–H groups in total. The Bertz CT molecular complexity index is 603. The van der Waals surface area contributed by atoms with Crippen LogP contribution in [0.1, 0.15) is 35.9 Å². The van der Waals surface area contributed by atoms with Crippen molar-refractivity contribution in [1.82, 2.24) is 9.97 Å². The molecular weight excluding hydrogens is 234 g/mol. The second-order valence-electron chi connectivity index (χ2n) is 5.10. The molecule has 100 valence electrons. The van der Waals surface area contributed by atoms with E-state index >= 15 is 0 Å². The predicted octanol–water partition coefficient (Wildman–Crippen LogP) is 3.60. The first kappa shape index (κ1) is 13.5. The molecule has 19 heavy (non-hydrogen) atoms. The summed E-state index contributed by atoms with van der Waals surface area (Å²) in [5.74, 6) is 1.38. The Morgan fingerprint density at radius 1 is 0.947 bits per heavy atom. The molecule has 0 saturated heterocycles. The Hall–Kier alpha value is -1.90. The van der Waals surface area contributed by atoms with Crippen LogP contribution in [-0.4, -0.2) is 9.97 Å². The van der Waals surface area contributed by atoms with E-state index < -0.39 is 0 Å². The first-order valence-electron chi connectivity index (χ1n) is 6.73. The molecule has 0 amide bonds. The van der Waals surface area contributed by atoms with Crippen molar-refractivity contribution in [3.8, 4) is 11.3 Å². The molecule has 2 aromatic rings. The summed E-state index contributed by atoms with van der Waals surface area (Å²) in [5.41, 5.74) is 11.8. The van der Waals surface area contributed by atoms with Gasteiger partial charge in [0.15, 0.2) is 0 Å². The Balaban J connectivity index is 2.55. The largest absolute Gasteiger partial charge is 0.384 e. The van der Waals surface area contributed by atoms with Gasteiger partial charge in [-0.25, -0.2) is 9.97 Å². The lowest BCUT2D eigenvalue weighted by Crippen LogP contribution is -2.02. The first-order valence-corrected chi connectivity index (χ1v) is 6.73. The zero-order chi connectivity index (χ0) is 14.0. The molecule has 0 unspecified atom stereocenters. The van der Waals surface area contributed by atoms with Crippen LogP contribution in [0.4, 0.5) is 5.82 Å². The summed E-state index contributed by atoms with van der Waals surface area (Å²) >= 11 is 0. The molecule has 1 aromatic carbocycles. The summed E-state index contributed by atoms with van der Waals surface area (Å²) in [6.45, 7) is 8.48. The lowest BCUT2D eigenvalue weighted by molar-refractivity contribution is 0.839. The molecule has 1 aromatic heterocycles. The Labute approximate surface area is 114 Å². The number of nitrogen functional groups attached to an aromatic ring is 1. The highest BCUT2D eigenvalue weighted by Crippen LogP contribution is 2.26. The van der Waals surface area contributed by atoms with E-state index in [0.29, 0.717) is 5.82 Å². The molecule has 0 aliphatic rings. The van der Waals surface area contributed by atoms with E-state index in [1.165, 1.54) is 16.7 Å². The van der Waals surface area contributed by atoms with Crippen LogP contribution in [0.15, 0.2) is 18.2 Å². The van der Waals surface area contributed by atoms with Crippen LogP contribution in [0.3, 0.4) is 0 Å². The third-order valence-corrected chi connectivity index (χ3v) is 3.38. The van der Waals surface area contributed by atoms with Gasteiger partial charge in [0.05, 0.1) is 5.69 Å². The maximum absolute atomic E-state index is 5.89. The first-order chi connectivity index (χ1) is 9.01. The molecule has 3 heteroatoms. The number of anilines is 1. The molecule has 1 heterocycles. The minimum atomic E-state index is 0.547. The normalized spacial score (nSPS) is 10.7. The second kappa shape index (κ2) is 5.39. The van der Waals surface area contributed by atoms with Gasteiger partial charge >= 0.3 is 0 Å². The van der Waals surface area contributed by atoms with Crippen LogP contribution in [-0.2, 0) is 6.42 Å². The number of aryl methyl sites for hydroxylation is 4. The third kappa shape index (κ3) is 2.92. The van der Waals surface area contributed by atoms with Gasteiger partial charge in [-0.15, -0.1) is 0 Å². The van der Waals surface area contributed by atoms with Gasteiger partial charge in [-0.3, -0.25) is 0 Å². The van der Waals surface area contributed by atoms with Crippen molar-refractivity contribution in [2.24, 2.45) is 0 Å². The van der Waals surface area contributed by atoms with Gasteiger partial charge in [-0.1, -0.05) is 13.0 Å². The van der Waals surface area contributed by atoms with Crippen molar-refractivity contribution >= 4 is 5.82 Å². The summed E-state index contributed by atoms with van der Waals surface area (Å²) in [6.07, 6.45) is 1.89. The monoisotopic (exact) mass is 255 g/mol. The van der Waals surface area contributed by atoms with Gasteiger partial charge in [0, 0.05) is 18.1 Å². The number of nitrogens with two attached hydrogens (primary N) is 1. The fraction of sp³-hybridized carbons (Fsp3) is 0.375. The van der Waals surface area contributed by atoms with E-state index in [4.69, 9.17) is 5.73 Å². The van der Waals surface area contributed by atoms with Gasteiger partial charge in [0.2, 0.25) is 0 Å². The SMILES string of the molecule is CCCc1nc(N)cc(-c2cc(C)c(C)cc2C)n1. The maximum atomic E-state index is 5.89. The van der Waals surface area contributed by atoms with E-state index in [0.717, 1.165) is 29.9 Å². The molecule has 0 radical (unpaired) electrons. The molecule has 0 spiro atoms. The quantitative estimate of drug-likeness (QED) is 0.911. The lowest BCUT2D eigenvalue weighted by Gasteiger charge is -2.11. The number of aromatic nitrogens is 2. The molecule has 0 fully saturated rings. The number of benzene rings is 1. The van der Waals surface area contributed by atoms with Crippen molar-refractivity contribution in [3.05, 3.63) is 40.7 Å². The molecule has 0 aliphatic carbocycles. The van der Waals surface area contributed by atoms with Crippen molar-refractivity contribution in [2.75, 3.05) is 5.73 Å². The third-order valence-electron chi connectivity index (χ3n) is 3.38. The van der Waals surface area contributed by atoms with Crippen LogP contribution in [0, 0.1) is 20.8 Å². The molecule has 2 rings (SSSR count). The standard InChI is InChI=1S/C16H21N3/c1-5-6-16-18-14(9-15(17)19-16)13-8-11(3)10(2)7-12(13)4/h7-9H,5-6H2,1-4H3,(H2,17,18,19). The van der Waals surface area contributed by atoms with Gasteiger partial charge in [0.1, 0.15) is 11.6 Å². The van der Waals surface area contributed by atoms with Crippen LogP contribution >= 0.6 is 0 Å².